The summed E-state index contributed by atoms with van der Waals surface area (Å²) in [7, 11) is 0. The van der Waals surface area contributed by atoms with Crippen LogP contribution in [0.3, 0.4) is 0 Å². The maximum atomic E-state index is 13.8. The minimum atomic E-state index is -0.195. The molecule has 0 aromatic heterocycles. The molecule has 27 heavy (non-hydrogen) atoms. The summed E-state index contributed by atoms with van der Waals surface area (Å²) < 4.78 is 13.8. The van der Waals surface area contributed by atoms with Crippen LogP contribution < -0.4 is 5.32 Å². The van der Waals surface area contributed by atoms with Crippen LogP contribution in [0.5, 0.6) is 0 Å². The van der Waals surface area contributed by atoms with Crippen molar-refractivity contribution in [2.45, 2.75) is 44.6 Å². The maximum absolute atomic E-state index is 13.8. The van der Waals surface area contributed by atoms with Gasteiger partial charge in [-0.15, -0.1) is 0 Å². The van der Waals surface area contributed by atoms with Gasteiger partial charge in [0.05, 0.1) is 6.10 Å². The lowest BCUT2D eigenvalue weighted by atomic mass is 9.90. The van der Waals surface area contributed by atoms with Gasteiger partial charge in [-0.2, -0.15) is 0 Å². The summed E-state index contributed by atoms with van der Waals surface area (Å²) in [5, 5.41) is 12.7. The van der Waals surface area contributed by atoms with E-state index in [9.17, 15) is 14.3 Å². The lowest BCUT2D eigenvalue weighted by molar-refractivity contribution is 0.0701. The molecule has 150 valence electrons. The number of urea groups is 1. The van der Waals surface area contributed by atoms with E-state index < -0.39 is 0 Å². The first-order valence-electron chi connectivity index (χ1n) is 10.3. The summed E-state index contributed by atoms with van der Waals surface area (Å²) in [5.41, 5.74) is 0.781. The molecule has 2 N–H and O–H groups in total. The van der Waals surface area contributed by atoms with Crippen molar-refractivity contribution in [1.29, 1.82) is 0 Å². The molecular formula is C21H32FN3O2. The number of piperidine rings is 2. The van der Waals surface area contributed by atoms with Crippen LogP contribution in [0.25, 0.3) is 0 Å². The van der Waals surface area contributed by atoms with Gasteiger partial charge in [-0.1, -0.05) is 18.2 Å². The number of aliphatic hydroxyl groups excluding tert-OH is 1. The molecule has 2 amide bonds. The van der Waals surface area contributed by atoms with E-state index in [4.69, 9.17) is 0 Å². The van der Waals surface area contributed by atoms with Crippen LogP contribution in [-0.2, 0) is 6.42 Å². The molecule has 0 saturated carbocycles. The highest BCUT2D eigenvalue weighted by atomic mass is 19.1. The summed E-state index contributed by atoms with van der Waals surface area (Å²) >= 11 is 0. The molecule has 2 aliphatic heterocycles. The van der Waals surface area contributed by atoms with E-state index in [1.807, 2.05) is 17.0 Å². The summed E-state index contributed by atoms with van der Waals surface area (Å²) in [6.45, 7) is 4.86. The molecule has 2 saturated heterocycles. The van der Waals surface area contributed by atoms with Gasteiger partial charge < -0.3 is 20.2 Å². The van der Waals surface area contributed by atoms with E-state index in [1.54, 1.807) is 6.07 Å². The average molecular weight is 378 g/mol. The first-order valence-corrected chi connectivity index (χ1v) is 10.3. The zero-order chi connectivity index (χ0) is 19.1. The molecular weight excluding hydrogens is 345 g/mol. The van der Waals surface area contributed by atoms with Gasteiger partial charge in [0, 0.05) is 26.2 Å². The fourth-order valence-corrected chi connectivity index (χ4v) is 4.16. The van der Waals surface area contributed by atoms with Crippen LogP contribution >= 0.6 is 0 Å². The molecule has 1 atom stereocenters. The molecule has 1 aromatic carbocycles. The highest BCUT2D eigenvalue weighted by Gasteiger charge is 2.23. The van der Waals surface area contributed by atoms with Gasteiger partial charge in [-0.05, 0) is 69.2 Å². The van der Waals surface area contributed by atoms with Crippen molar-refractivity contribution in [3.63, 3.8) is 0 Å². The second-order valence-corrected chi connectivity index (χ2v) is 7.91. The third kappa shape index (κ3) is 6.18. The molecule has 0 unspecified atom stereocenters. The van der Waals surface area contributed by atoms with Crippen LogP contribution in [0.2, 0.25) is 0 Å². The summed E-state index contributed by atoms with van der Waals surface area (Å²) in [6, 6.07) is 6.99. The van der Waals surface area contributed by atoms with E-state index >= 15 is 0 Å². The van der Waals surface area contributed by atoms with Crippen LogP contribution in [0.4, 0.5) is 9.18 Å². The molecule has 0 bridgehead atoms. The Hall–Kier alpha value is -1.66. The average Bonchev–Trinajstić information content (AvgIpc) is 2.67. The number of likely N-dealkylation sites (tertiary alicyclic amines) is 2. The Bertz CT molecular complexity index is 605. The summed E-state index contributed by atoms with van der Waals surface area (Å²) in [6.07, 6.45) is 5.27. The fourth-order valence-electron chi connectivity index (χ4n) is 4.16. The SMILES string of the molecule is O=C(NCCCN1CCC[C@@H](O)C1)N1CCC(Cc2ccccc2F)CC1. The largest absolute Gasteiger partial charge is 0.392 e. The van der Waals surface area contributed by atoms with E-state index in [0.717, 1.165) is 76.8 Å². The zero-order valence-corrected chi connectivity index (χ0v) is 16.1. The van der Waals surface area contributed by atoms with Crippen molar-refractivity contribution >= 4 is 6.03 Å². The molecule has 2 aliphatic rings. The third-order valence-electron chi connectivity index (χ3n) is 5.78. The minimum Gasteiger partial charge on any atom is -0.392 e. The number of carbonyl (C=O) groups is 1. The Morgan fingerprint density at radius 3 is 2.70 bits per heavy atom. The normalized spacial score (nSPS) is 22.0. The number of nitrogens with zero attached hydrogens (tertiary/aromatic N) is 2. The smallest absolute Gasteiger partial charge is 0.317 e. The van der Waals surface area contributed by atoms with Gasteiger partial charge >= 0.3 is 6.03 Å². The lowest BCUT2D eigenvalue weighted by Gasteiger charge is -2.32. The standard InChI is InChI=1S/C21H32FN3O2/c22-20-7-2-1-5-18(20)15-17-8-13-25(14-9-17)21(27)23-10-4-12-24-11-3-6-19(26)16-24/h1-2,5,7,17,19,26H,3-4,6,8-16H2,(H,23,27)/t19-/m1/s1. The van der Waals surface area contributed by atoms with Crippen LogP contribution in [-0.4, -0.2) is 66.3 Å². The predicted octanol–water partition coefficient (Wildman–Crippen LogP) is 2.64. The van der Waals surface area contributed by atoms with Crippen molar-refractivity contribution < 1.29 is 14.3 Å². The number of amides is 2. The molecule has 0 radical (unpaired) electrons. The van der Waals surface area contributed by atoms with Gasteiger partial charge in [0.1, 0.15) is 5.82 Å². The third-order valence-corrected chi connectivity index (χ3v) is 5.78. The van der Waals surface area contributed by atoms with E-state index in [-0.39, 0.29) is 18.0 Å². The number of halogens is 1. The lowest BCUT2D eigenvalue weighted by Crippen LogP contribution is -2.45. The topological polar surface area (TPSA) is 55.8 Å². The number of aliphatic hydroxyl groups is 1. The first-order chi connectivity index (χ1) is 13.1. The number of hydrogen-bond acceptors (Lipinski definition) is 3. The molecule has 1 aromatic rings. The molecule has 2 fully saturated rings. The Kier molecular flexibility index (Phi) is 7.47. The summed E-state index contributed by atoms with van der Waals surface area (Å²) in [4.78, 5) is 16.5. The van der Waals surface area contributed by atoms with Crippen molar-refractivity contribution in [3.8, 4) is 0 Å². The van der Waals surface area contributed by atoms with Crippen molar-refractivity contribution in [2.75, 3.05) is 39.3 Å². The van der Waals surface area contributed by atoms with Crippen LogP contribution in [0, 0.1) is 11.7 Å². The maximum Gasteiger partial charge on any atom is 0.317 e. The van der Waals surface area contributed by atoms with E-state index in [0.29, 0.717) is 12.5 Å². The Labute approximate surface area is 161 Å². The molecule has 2 heterocycles. The van der Waals surface area contributed by atoms with Crippen LogP contribution in [0.15, 0.2) is 24.3 Å². The Morgan fingerprint density at radius 1 is 1.19 bits per heavy atom. The van der Waals surface area contributed by atoms with Crippen molar-refractivity contribution in [3.05, 3.63) is 35.6 Å². The predicted molar refractivity (Wildman–Crippen MR) is 104 cm³/mol. The second kappa shape index (κ2) is 10.0. The zero-order valence-electron chi connectivity index (χ0n) is 16.1. The van der Waals surface area contributed by atoms with Crippen molar-refractivity contribution in [1.82, 2.24) is 15.1 Å². The number of carbonyl (C=O) groups excluding carboxylic acids is 1. The van der Waals surface area contributed by atoms with E-state index in [2.05, 4.69) is 10.2 Å². The monoisotopic (exact) mass is 377 g/mol. The first kappa shape index (κ1) is 20.1. The number of nitrogens with one attached hydrogen (secondary N) is 1. The highest BCUT2D eigenvalue weighted by molar-refractivity contribution is 5.74. The van der Waals surface area contributed by atoms with Crippen molar-refractivity contribution in [2.24, 2.45) is 5.92 Å². The van der Waals surface area contributed by atoms with Crippen LogP contribution in [0.1, 0.15) is 37.7 Å². The highest BCUT2D eigenvalue weighted by Crippen LogP contribution is 2.23. The van der Waals surface area contributed by atoms with Gasteiger partial charge in [-0.3, -0.25) is 0 Å². The number of rotatable bonds is 6. The van der Waals surface area contributed by atoms with Gasteiger partial charge in [0.2, 0.25) is 0 Å². The molecule has 3 rings (SSSR count). The molecule has 5 nitrogen and oxygen atoms in total. The minimum absolute atomic E-state index is 0.0121. The Balaban J connectivity index is 1.31. The molecule has 0 aliphatic carbocycles. The quantitative estimate of drug-likeness (QED) is 0.750. The number of benzene rings is 1. The van der Waals surface area contributed by atoms with E-state index in [1.165, 1.54) is 6.07 Å². The molecule has 0 spiro atoms. The van der Waals surface area contributed by atoms with Gasteiger partial charge in [0.15, 0.2) is 0 Å². The molecule has 6 heteroatoms. The Morgan fingerprint density at radius 2 is 1.96 bits per heavy atom. The summed E-state index contributed by atoms with van der Waals surface area (Å²) in [5.74, 6) is 0.315. The number of β-amino-alcohol motifs (C(OH)–C–C–N with tert-alkyl or cyclic N) is 1. The second-order valence-electron chi connectivity index (χ2n) is 7.91. The fraction of sp³-hybridized carbons (Fsp3) is 0.667. The number of hydrogen-bond donors (Lipinski definition) is 2. The van der Waals surface area contributed by atoms with Gasteiger partial charge in [-0.25, -0.2) is 9.18 Å². The van der Waals surface area contributed by atoms with Gasteiger partial charge in [0.25, 0.3) is 0 Å².